The van der Waals surface area contributed by atoms with E-state index in [-0.39, 0.29) is 6.17 Å². The van der Waals surface area contributed by atoms with E-state index in [4.69, 9.17) is 14.4 Å². The highest BCUT2D eigenvalue weighted by atomic mass is 32.1. The molecule has 1 aliphatic rings. The number of amidine groups is 2. The van der Waals surface area contributed by atoms with Gasteiger partial charge >= 0.3 is 0 Å². The number of nitrogens with zero attached hydrogens (tertiary/aromatic N) is 2. The van der Waals surface area contributed by atoms with E-state index in [0.717, 1.165) is 66.6 Å². The molecule has 0 amide bonds. The summed E-state index contributed by atoms with van der Waals surface area (Å²) in [6.07, 6.45) is -0.319. The molecule has 0 bridgehead atoms. The molecule has 0 aliphatic carbocycles. The average molecular weight is 710 g/mol. The standard InChI is InChI=1S/C49H31N3OS/c1-2-10-30(11-3-1)31-20-22-32(23-21-31)47-50-48(52-49(51-47)40-15-9-19-44-46(40)39-13-5-7-18-43(39)54-44)36-27-25-33-28-35(26-24-34(33)29-36)37-14-8-17-42-45(37)38-12-4-6-16-41(38)53-42/h1-29,47H,(H,50,51,52). The van der Waals surface area contributed by atoms with Crippen LogP contribution in [0.15, 0.2) is 190 Å². The smallest absolute Gasteiger partial charge is 0.160 e. The fourth-order valence-corrected chi connectivity index (χ4v) is 9.04. The summed E-state index contributed by atoms with van der Waals surface area (Å²) in [6.45, 7) is 0. The number of hydrogen-bond acceptors (Lipinski definition) is 5. The number of rotatable bonds is 5. The van der Waals surface area contributed by atoms with Crippen LogP contribution in [0.2, 0.25) is 0 Å². The van der Waals surface area contributed by atoms with Crippen LogP contribution in [0.5, 0.6) is 0 Å². The van der Waals surface area contributed by atoms with Crippen molar-refractivity contribution in [3.8, 4) is 22.3 Å². The van der Waals surface area contributed by atoms with Gasteiger partial charge < -0.3 is 9.73 Å². The highest BCUT2D eigenvalue weighted by Gasteiger charge is 2.23. The van der Waals surface area contributed by atoms with Crippen molar-refractivity contribution in [3.63, 3.8) is 0 Å². The molecule has 0 saturated heterocycles. The molecule has 1 unspecified atom stereocenters. The summed E-state index contributed by atoms with van der Waals surface area (Å²) < 4.78 is 8.70. The van der Waals surface area contributed by atoms with Crippen molar-refractivity contribution in [1.82, 2.24) is 5.32 Å². The molecule has 1 aliphatic heterocycles. The third kappa shape index (κ3) is 5.12. The van der Waals surface area contributed by atoms with Crippen LogP contribution >= 0.6 is 11.3 Å². The zero-order chi connectivity index (χ0) is 35.6. The van der Waals surface area contributed by atoms with Gasteiger partial charge in [-0.15, -0.1) is 11.3 Å². The number of fused-ring (bicyclic) bond motifs is 7. The predicted octanol–water partition coefficient (Wildman–Crippen LogP) is 12.9. The van der Waals surface area contributed by atoms with Gasteiger partial charge in [0, 0.05) is 42.1 Å². The van der Waals surface area contributed by atoms with Crippen LogP contribution in [0.25, 0.3) is 75.1 Å². The van der Waals surface area contributed by atoms with Gasteiger partial charge in [-0.3, -0.25) is 0 Å². The van der Waals surface area contributed by atoms with Gasteiger partial charge in [-0.05, 0) is 75.0 Å². The van der Waals surface area contributed by atoms with Gasteiger partial charge in [-0.2, -0.15) is 0 Å². The van der Waals surface area contributed by atoms with E-state index < -0.39 is 0 Å². The molecule has 0 spiro atoms. The van der Waals surface area contributed by atoms with Gasteiger partial charge in [0.05, 0.1) is 0 Å². The van der Waals surface area contributed by atoms with Gasteiger partial charge in [-0.25, -0.2) is 9.98 Å². The van der Waals surface area contributed by atoms with Crippen molar-refractivity contribution in [2.45, 2.75) is 6.17 Å². The van der Waals surface area contributed by atoms with Gasteiger partial charge in [0.15, 0.2) is 5.84 Å². The van der Waals surface area contributed by atoms with Gasteiger partial charge in [0.1, 0.15) is 23.2 Å². The minimum Gasteiger partial charge on any atom is -0.456 e. The summed E-state index contributed by atoms with van der Waals surface area (Å²) in [6, 6.07) is 62.2. The fourth-order valence-electron chi connectivity index (χ4n) is 7.91. The lowest BCUT2D eigenvalue weighted by Gasteiger charge is -2.24. The van der Waals surface area contributed by atoms with Crippen LogP contribution in [-0.2, 0) is 0 Å². The second kappa shape index (κ2) is 12.4. The topological polar surface area (TPSA) is 49.9 Å². The van der Waals surface area contributed by atoms with Gasteiger partial charge in [0.25, 0.3) is 0 Å². The van der Waals surface area contributed by atoms with Crippen molar-refractivity contribution in [3.05, 3.63) is 193 Å². The summed E-state index contributed by atoms with van der Waals surface area (Å²) >= 11 is 1.81. The molecule has 254 valence electrons. The Labute approximate surface area is 315 Å². The van der Waals surface area contributed by atoms with Crippen molar-refractivity contribution < 1.29 is 4.42 Å². The van der Waals surface area contributed by atoms with Crippen LogP contribution in [0, 0.1) is 0 Å². The molecular formula is C49H31N3OS. The summed E-state index contributed by atoms with van der Waals surface area (Å²) in [4.78, 5) is 10.6. The third-order valence-electron chi connectivity index (χ3n) is 10.5. The first-order chi connectivity index (χ1) is 26.7. The SMILES string of the molecule is c1ccc(-c2ccc(C3N=C(c4cccc5sc6ccccc6c45)N=C(c4ccc5cc(-c6cccc7oc8ccccc8c67)ccc5c4)N3)cc2)cc1. The zero-order valence-electron chi connectivity index (χ0n) is 29.0. The van der Waals surface area contributed by atoms with E-state index in [2.05, 4.69) is 157 Å². The Bertz CT molecular complexity index is 3140. The number of benzene rings is 8. The first-order valence-corrected chi connectivity index (χ1v) is 19.0. The number of aliphatic imine (C=N–C) groups is 2. The van der Waals surface area contributed by atoms with Crippen LogP contribution in [-0.4, -0.2) is 11.7 Å². The third-order valence-corrected chi connectivity index (χ3v) is 11.7. The molecule has 3 heterocycles. The number of hydrogen-bond donors (Lipinski definition) is 1. The maximum Gasteiger partial charge on any atom is 0.160 e. The fraction of sp³-hybridized carbons (Fsp3) is 0.0204. The van der Waals surface area contributed by atoms with E-state index in [0.29, 0.717) is 0 Å². The number of para-hydroxylation sites is 1. The van der Waals surface area contributed by atoms with E-state index in [1.807, 2.05) is 35.6 Å². The predicted molar refractivity (Wildman–Crippen MR) is 227 cm³/mol. The largest absolute Gasteiger partial charge is 0.456 e. The molecule has 8 aromatic carbocycles. The van der Waals surface area contributed by atoms with Crippen molar-refractivity contribution in [2.24, 2.45) is 9.98 Å². The molecule has 1 atom stereocenters. The van der Waals surface area contributed by atoms with Crippen molar-refractivity contribution >= 4 is 75.9 Å². The number of nitrogens with one attached hydrogen (secondary N) is 1. The van der Waals surface area contributed by atoms with E-state index in [1.54, 1.807) is 0 Å². The van der Waals surface area contributed by atoms with E-state index in [9.17, 15) is 0 Å². The Balaban J connectivity index is 1.02. The average Bonchev–Trinajstić information content (AvgIpc) is 3.82. The monoisotopic (exact) mass is 709 g/mol. The van der Waals surface area contributed by atoms with Crippen LogP contribution in [0.4, 0.5) is 0 Å². The van der Waals surface area contributed by atoms with Gasteiger partial charge in [0.2, 0.25) is 0 Å². The van der Waals surface area contributed by atoms with Crippen LogP contribution < -0.4 is 5.32 Å². The minimum atomic E-state index is -0.319. The number of furan rings is 1. The molecule has 0 radical (unpaired) electrons. The molecule has 4 nitrogen and oxygen atoms in total. The van der Waals surface area contributed by atoms with Crippen molar-refractivity contribution in [2.75, 3.05) is 0 Å². The quantitative estimate of drug-likeness (QED) is 0.193. The Kier molecular flexibility index (Phi) is 7.07. The van der Waals surface area contributed by atoms with Gasteiger partial charge in [-0.1, -0.05) is 140 Å². The first-order valence-electron chi connectivity index (χ1n) is 18.2. The van der Waals surface area contributed by atoms with E-state index in [1.165, 1.54) is 36.9 Å². The first kappa shape index (κ1) is 30.8. The van der Waals surface area contributed by atoms with Crippen molar-refractivity contribution in [1.29, 1.82) is 0 Å². The Morgan fingerprint density at radius 2 is 1.13 bits per heavy atom. The van der Waals surface area contributed by atoms with Crippen LogP contribution in [0.1, 0.15) is 22.9 Å². The maximum absolute atomic E-state index is 6.20. The van der Waals surface area contributed by atoms with E-state index >= 15 is 0 Å². The number of thiophene rings is 1. The maximum atomic E-state index is 6.20. The molecule has 10 aromatic rings. The molecule has 5 heteroatoms. The molecule has 54 heavy (non-hydrogen) atoms. The molecular weight excluding hydrogens is 679 g/mol. The van der Waals surface area contributed by atoms with Crippen LogP contribution in [0.3, 0.4) is 0 Å². The second-order valence-electron chi connectivity index (χ2n) is 13.8. The zero-order valence-corrected chi connectivity index (χ0v) is 29.8. The Morgan fingerprint density at radius 1 is 0.481 bits per heavy atom. The molecule has 2 aromatic heterocycles. The Hall–Kier alpha value is -6.82. The Morgan fingerprint density at radius 3 is 2.00 bits per heavy atom. The molecule has 1 N–H and O–H groups in total. The normalized spacial score (nSPS) is 14.5. The summed E-state index contributed by atoms with van der Waals surface area (Å²) in [7, 11) is 0. The minimum absolute atomic E-state index is 0.319. The molecule has 0 saturated carbocycles. The highest BCUT2D eigenvalue weighted by Crippen LogP contribution is 2.39. The molecule has 11 rings (SSSR count). The summed E-state index contributed by atoms with van der Waals surface area (Å²) in [5.74, 6) is 1.53. The second-order valence-corrected chi connectivity index (χ2v) is 14.9. The lowest BCUT2D eigenvalue weighted by molar-refractivity contribution is 0.669. The summed E-state index contributed by atoms with van der Waals surface area (Å²) in [5, 5.41) is 10.7. The molecule has 0 fully saturated rings. The lowest BCUT2D eigenvalue weighted by Crippen LogP contribution is -2.33. The lowest BCUT2D eigenvalue weighted by atomic mass is 9.96. The summed E-state index contributed by atoms with van der Waals surface area (Å²) in [5.41, 5.74) is 9.63. The highest BCUT2D eigenvalue weighted by molar-refractivity contribution is 7.25.